The average Bonchev–Trinajstić information content (AvgIpc) is 2.65. The average molecular weight is 396 g/mol. The predicted molar refractivity (Wildman–Crippen MR) is 104 cm³/mol. The van der Waals surface area contributed by atoms with E-state index in [1.165, 1.54) is 24.8 Å². The molecule has 2 rings (SSSR count). The number of aromatic nitrogens is 2. The number of hydrogen-bond acceptors (Lipinski definition) is 8. The summed E-state index contributed by atoms with van der Waals surface area (Å²) >= 11 is 2.48. The lowest BCUT2D eigenvalue weighted by Crippen LogP contribution is -2.09. The van der Waals surface area contributed by atoms with Crippen LogP contribution in [0.2, 0.25) is 0 Å². The van der Waals surface area contributed by atoms with E-state index in [1.54, 1.807) is 19.9 Å². The molecule has 6 nitrogen and oxygen atoms in total. The standard InChI is InChI=1S/C19H16N4O2S2/c1-10-15(12(3)24)5-14(8-21)19(23-10)27-9-17(25)16-6-13(7-20)18(26-4)22-11(16)2/h5-6H,9H2,1-4H3. The molecule has 0 aliphatic heterocycles. The molecule has 0 aliphatic carbocycles. The Labute approximate surface area is 166 Å². The van der Waals surface area contributed by atoms with Gasteiger partial charge in [-0.25, -0.2) is 9.97 Å². The Hall–Kier alpha value is -2.68. The number of hydrogen-bond donors (Lipinski definition) is 0. The minimum Gasteiger partial charge on any atom is -0.294 e. The Balaban J connectivity index is 2.29. The van der Waals surface area contributed by atoms with Crippen molar-refractivity contribution in [1.82, 2.24) is 9.97 Å². The maximum atomic E-state index is 12.6. The molecule has 0 spiro atoms. The maximum Gasteiger partial charge on any atom is 0.175 e. The zero-order valence-electron chi connectivity index (χ0n) is 15.3. The van der Waals surface area contributed by atoms with Gasteiger partial charge in [-0.3, -0.25) is 9.59 Å². The second-order valence-corrected chi connectivity index (χ2v) is 7.40. The molecule has 2 aromatic heterocycles. The van der Waals surface area contributed by atoms with Crippen LogP contribution in [0, 0.1) is 36.5 Å². The summed E-state index contributed by atoms with van der Waals surface area (Å²) in [7, 11) is 0. The molecule has 0 fully saturated rings. The molecule has 2 aromatic rings. The zero-order chi connectivity index (χ0) is 20.1. The largest absolute Gasteiger partial charge is 0.294 e. The molecular formula is C19H16N4O2S2. The van der Waals surface area contributed by atoms with Gasteiger partial charge in [0.25, 0.3) is 0 Å². The Bertz CT molecular complexity index is 1020. The molecule has 0 aromatic carbocycles. The molecule has 136 valence electrons. The van der Waals surface area contributed by atoms with Crippen LogP contribution in [0.25, 0.3) is 0 Å². The van der Waals surface area contributed by atoms with Crippen molar-refractivity contribution >= 4 is 35.1 Å². The van der Waals surface area contributed by atoms with Crippen LogP contribution >= 0.6 is 23.5 Å². The fourth-order valence-electron chi connectivity index (χ4n) is 2.44. The molecular weight excluding hydrogens is 380 g/mol. The number of rotatable bonds is 6. The number of pyridine rings is 2. The van der Waals surface area contributed by atoms with E-state index in [1.807, 2.05) is 12.3 Å². The lowest BCUT2D eigenvalue weighted by molar-refractivity contribution is 0.101. The normalized spacial score (nSPS) is 10.1. The molecule has 0 saturated heterocycles. The molecule has 0 unspecified atom stereocenters. The number of thioether (sulfide) groups is 2. The fourth-order valence-corrected chi connectivity index (χ4v) is 3.88. The minimum absolute atomic E-state index is 0.0482. The zero-order valence-corrected chi connectivity index (χ0v) is 16.9. The summed E-state index contributed by atoms with van der Waals surface area (Å²) in [4.78, 5) is 32.9. The van der Waals surface area contributed by atoms with Crippen LogP contribution in [0.5, 0.6) is 0 Å². The summed E-state index contributed by atoms with van der Waals surface area (Å²) in [6.45, 7) is 4.84. The van der Waals surface area contributed by atoms with Gasteiger partial charge in [0.2, 0.25) is 0 Å². The van der Waals surface area contributed by atoms with E-state index >= 15 is 0 Å². The van der Waals surface area contributed by atoms with Gasteiger partial charge in [-0.2, -0.15) is 10.5 Å². The fraction of sp³-hybridized carbons (Fsp3) is 0.263. The highest BCUT2D eigenvalue weighted by atomic mass is 32.2. The second-order valence-electron chi connectivity index (χ2n) is 5.64. The van der Waals surface area contributed by atoms with Crippen LogP contribution in [0.15, 0.2) is 22.2 Å². The summed E-state index contributed by atoms with van der Waals surface area (Å²) < 4.78 is 0. The van der Waals surface area contributed by atoms with Crippen molar-refractivity contribution in [1.29, 1.82) is 10.5 Å². The Kier molecular flexibility index (Phi) is 6.73. The molecule has 0 aliphatic rings. The Morgan fingerprint density at radius 3 is 2.07 bits per heavy atom. The summed E-state index contributed by atoms with van der Waals surface area (Å²) in [5.74, 6) is -0.316. The van der Waals surface area contributed by atoms with Crippen molar-refractivity contribution < 1.29 is 9.59 Å². The SMILES string of the molecule is CSc1nc(C)c(C(=O)CSc2nc(C)c(C(C)=O)cc2C#N)cc1C#N. The van der Waals surface area contributed by atoms with Crippen molar-refractivity contribution in [3.8, 4) is 12.1 Å². The highest BCUT2D eigenvalue weighted by Crippen LogP contribution is 2.26. The first kappa shape index (κ1) is 20.6. The molecule has 0 amide bonds. The Morgan fingerprint density at radius 1 is 1.00 bits per heavy atom. The van der Waals surface area contributed by atoms with E-state index in [0.717, 1.165) is 11.8 Å². The van der Waals surface area contributed by atoms with E-state index in [0.29, 0.717) is 38.1 Å². The maximum absolute atomic E-state index is 12.6. The van der Waals surface area contributed by atoms with Gasteiger partial charge in [-0.15, -0.1) is 11.8 Å². The van der Waals surface area contributed by atoms with Gasteiger partial charge in [-0.1, -0.05) is 11.8 Å². The van der Waals surface area contributed by atoms with Crippen LogP contribution in [-0.2, 0) is 0 Å². The molecule has 2 heterocycles. The van der Waals surface area contributed by atoms with E-state index in [4.69, 9.17) is 0 Å². The molecule has 0 radical (unpaired) electrons. The van der Waals surface area contributed by atoms with Crippen LogP contribution < -0.4 is 0 Å². The summed E-state index contributed by atoms with van der Waals surface area (Å²) in [6, 6.07) is 7.14. The summed E-state index contributed by atoms with van der Waals surface area (Å²) in [5, 5.41) is 19.5. The number of Topliss-reactive ketones (excluding diaryl/α,β-unsaturated/α-hetero) is 2. The number of carbonyl (C=O) groups is 2. The Morgan fingerprint density at radius 2 is 1.52 bits per heavy atom. The topological polar surface area (TPSA) is 108 Å². The highest BCUT2D eigenvalue weighted by molar-refractivity contribution is 8.00. The van der Waals surface area contributed by atoms with Gasteiger partial charge >= 0.3 is 0 Å². The summed E-state index contributed by atoms with van der Waals surface area (Å²) in [6.07, 6.45) is 1.82. The number of ketones is 2. The summed E-state index contributed by atoms with van der Waals surface area (Å²) in [5.41, 5.74) is 2.47. The highest BCUT2D eigenvalue weighted by Gasteiger charge is 2.18. The van der Waals surface area contributed by atoms with Crippen molar-refractivity contribution in [3.63, 3.8) is 0 Å². The van der Waals surface area contributed by atoms with E-state index in [-0.39, 0.29) is 22.9 Å². The van der Waals surface area contributed by atoms with Crippen molar-refractivity contribution in [2.45, 2.75) is 30.8 Å². The third-order valence-corrected chi connectivity index (χ3v) is 5.50. The van der Waals surface area contributed by atoms with Crippen molar-refractivity contribution in [3.05, 3.63) is 45.8 Å². The molecule has 0 saturated carbocycles. The van der Waals surface area contributed by atoms with Crippen LogP contribution in [-0.4, -0.2) is 33.5 Å². The first-order valence-corrected chi connectivity index (χ1v) is 10.1. The van der Waals surface area contributed by atoms with Crippen molar-refractivity contribution in [2.75, 3.05) is 12.0 Å². The quantitative estimate of drug-likeness (QED) is 0.537. The monoisotopic (exact) mass is 396 g/mol. The smallest absolute Gasteiger partial charge is 0.175 e. The molecule has 0 N–H and O–H groups in total. The first-order valence-electron chi connectivity index (χ1n) is 7.86. The second kappa shape index (κ2) is 8.81. The van der Waals surface area contributed by atoms with Gasteiger partial charge in [0.1, 0.15) is 22.2 Å². The number of nitriles is 2. The van der Waals surface area contributed by atoms with Gasteiger partial charge in [0, 0.05) is 22.5 Å². The molecule has 8 heteroatoms. The van der Waals surface area contributed by atoms with Gasteiger partial charge in [0.05, 0.1) is 16.9 Å². The molecule has 0 bridgehead atoms. The van der Waals surface area contributed by atoms with E-state index < -0.39 is 0 Å². The third kappa shape index (κ3) is 4.54. The lowest BCUT2D eigenvalue weighted by atomic mass is 10.1. The van der Waals surface area contributed by atoms with Gasteiger partial charge in [-0.05, 0) is 39.2 Å². The van der Waals surface area contributed by atoms with Gasteiger partial charge < -0.3 is 0 Å². The number of carbonyl (C=O) groups excluding carboxylic acids is 2. The van der Waals surface area contributed by atoms with E-state index in [2.05, 4.69) is 16.0 Å². The number of nitrogens with zero attached hydrogens (tertiary/aromatic N) is 4. The minimum atomic E-state index is -0.201. The lowest BCUT2D eigenvalue weighted by Gasteiger charge is -2.09. The van der Waals surface area contributed by atoms with Crippen LogP contribution in [0.1, 0.15) is 50.2 Å². The number of aryl methyl sites for hydroxylation is 2. The van der Waals surface area contributed by atoms with Crippen LogP contribution in [0.4, 0.5) is 0 Å². The van der Waals surface area contributed by atoms with E-state index in [9.17, 15) is 20.1 Å². The van der Waals surface area contributed by atoms with Crippen molar-refractivity contribution in [2.24, 2.45) is 0 Å². The molecule has 0 atom stereocenters. The predicted octanol–water partition coefficient (Wildman–Crippen LogP) is 3.74. The first-order chi connectivity index (χ1) is 12.8. The molecule has 27 heavy (non-hydrogen) atoms. The van der Waals surface area contributed by atoms with Crippen LogP contribution in [0.3, 0.4) is 0 Å². The third-order valence-electron chi connectivity index (χ3n) is 3.81. The van der Waals surface area contributed by atoms with Gasteiger partial charge in [0.15, 0.2) is 11.6 Å².